The highest BCUT2D eigenvalue weighted by Crippen LogP contribution is 2.25. The van der Waals surface area contributed by atoms with Gasteiger partial charge in [-0.15, -0.1) is 0 Å². The van der Waals surface area contributed by atoms with Crippen molar-refractivity contribution in [2.45, 2.75) is 32.9 Å². The van der Waals surface area contributed by atoms with Crippen LogP contribution in [0.5, 0.6) is 0 Å². The first kappa shape index (κ1) is 15.2. The van der Waals surface area contributed by atoms with E-state index in [0.29, 0.717) is 5.56 Å². The lowest BCUT2D eigenvalue weighted by Gasteiger charge is -2.19. The molecule has 1 aromatic heterocycles. The van der Waals surface area contributed by atoms with Crippen LogP contribution in [0, 0.1) is 17.0 Å². The molecule has 1 N–H and O–H groups in total. The molecule has 0 aliphatic rings. The van der Waals surface area contributed by atoms with E-state index in [9.17, 15) is 10.1 Å². The Morgan fingerprint density at radius 1 is 1.29 bits per heavy atom. The van der Waals surface area contributed by atoms with Crippen molar-refractivity contribution >= 4 is 5.69 Å². The minimum atomic E-state index is -0.337. The molecule has 1 aromatic carbocycles. The van der Waals surface area contributed by atoms with Crippen LogP contribution in [-0.2, 0) is 7.05 Å². The Hall–Kier alpha value is -2.21. The number of hydrogen-bond acceptors (Lipinski definition) is 4. The first-order chi connectivity index (χ1) is 9.88. The van der Waals surface area contributed by atoms with Crippen molar-refractivity contribution in [3.05, 3.63) is 57.4 Å². The zero-order valence-corrected chi connectivity index (χ0v) is 12.7. The van der Waals surface area contributed by atoms with Crippen molar-refractivity contribution in [1.82, 2.24) is 15.1 Å². The Balaban J connectivity index is 2.15. The van der Waals surface area contributed by atoms with E-state index >= 15 is 0 Å². The number of nitrogens with one attached hydrogen (secondary N) is 1. The van der Waals surface area contributed by atoms with Crippen LogP contribution in [-0.4, -0.2) is 14.7 Å². The molecule has 2 aromatic rings. The number of benzene rings is 1. The van der Waals surface area contributed by atoms with Gasteiger partial charge in [0.15, 0.2) is 0 Å². The molecule has 0 spiro atoms. The largest absolute Gasteiger partial charge is 0.304 e. The summed E-state index contributed by atoms with van der Waals surface area (Å²) in [5.41, 5.74) is 2.83. The Bertz CT molecular complexity index is 651. The zero-order valence-electron chi connectivity index (χ0n) is 12.7. The minimum absolute atomic E-state index is 0.0134. The third kappa shape index (κ3) is 3.46. The molecule has 2 rings (SSSR count). The number of nitrogens with zero attached hydrogens (tertiary/aromatic N) is 3. The fourth-order valence-electron chi connectivity index (χ4n) is 2.32. The molecular weight excluding hydrogens is 268 g/mol. The minimum Gasteiger partial charge on any atom is -0.304 e. The molecule has 0 saturated heterocycles. The van der Waals surface area contributed by atoms with Crippen LogP contribution in [0.3, 0.4) is 0 Å². The lowest BCUT2D eigenvalue weighted by atomic mass is 10.0. The summed E-state index contributed by atoms with van der Waals surface area (Å²) in [6.07, 6.45) is 3.78. The lowest BCUT2D eigenvalue weighted by molar-refractivity contribution is -0.385. The third-order valence-corrected chi connectivity index (χ3v) is 3.65. The van der Waals surface area contributed by atoms with E-state index in [1.807, 2.05) is 32.4 Å². The SMILES string of the molecule is Cc1ccc([C@H](C)N[C@@H](C)c2cnn(C)c2)cc1[N+](=O)[O-]. The second-order valence-corrected chi connectivity index (χ2v) is 5.36. The highest BCUT2D eigenvalue weighted by atomic mass is 16.6. The quantitative estimate of drug-likeness (QED) is 0.678. The number of aryl methyl sites for hydroxylation is 2. The molecule has 6 nitrogen and oxygen atoms in total. The Morgan fingerprint density at radius 2 is 1.95 bits per heavy atom. The summed E-state index contributed by atoms with van der Waals surface area (Å²) in [5.74, 6) is 0. The lowest BCUT2D eigenvalue weighted by Crippen LogP contribution is -2.22. The summed E-state index contributed by atoms with van der Waals surface area (Å²) < 4.78 is 1.76. The van der Waals surface area contributed by atoms with Crippen molar-refractivity contribution in [2.24, 2.45) is 7.05 Å². The molecule has 0 unspecified atom stereocenters. The fourth-order valence-corrected chi connectivity index (χ4v) is 2.32. The first-order valence-electron chi connectivity index (χ1n) is 6.88. The number of rotatable bonds is 5. The third-order valence-electron chi connectivity index (χ3n) is 3.65. The van der Waals surface area contributed by atoms with Crippen LogP contribution in [0.25, 0.3) is 0 Å². The van der Waals surface area contributed by atoms with Crippen LogP contribution in [0.1, 0.15) is 42.6 Å². The van der Waals surface area contributed by atoms with Gasteiger partial charge in [0.1, 0.15) is 0 Å². The van der Waals surface area contributed by atoms with Gasteiger partial charge in [-0.1, -0.05) is 12.1 Å². The average Bonchev–Trinajstić information content (AvgIpc) is 2.85. The van der Waals surface area contributed by atoms with Crippen LogP contribution in [0.4, 0.5) is 5.69 Å². The highest BCUT2D eigenvalue weighted by molar-refractivity contribution is 5.43. The summed E-state index contributed by atoms with van der Waals surface area (Å²) in [6, 6.07) is 5.49. The van der Waals surface area contributed by atoms with Gasteiger partial charge in [0, 0.05) is 42.5 Å². The van der Waals surface area contributed by atoms with Gasteiger partial charge in [-0.2, -0.15) is 5.10 Å². The van der Waals surface area contributed by atoms with E-state index in [1.54, 1.807) is 23.7 Å². The van der Waals surface area contributed by atoms with Crippen molar-refractivity contribution in [1.29, 1.82) is 0 Å². The van der Waals surface area contributed by atoms with Gasteiger partial charge in [0.2, 0.25) is 0 Å². The molecule has 21 heavy (non-hydrogen) atoms. The van der Waals surface area contributed by atoms with E-state index < -0.39 is 0 Å². The number of aromatic nitrogens is 2. The summed E-state index contributed by atoms with van der Waals surface area (Å²) in [7, 11) is 1.88. The maximum Gasteiger partial charge on any atom is 0.272 e. The van der Waals surface area contributed by atoms with Crippen LogP contribution in [0.15, 0.2) is 30.6 Å². The second-order valence-electron chi connectivity index (χ2n) is 5.36. The summed E-state index contributed by atoms with van der Waals surface area (Å²) >= 11 is 0. The molecule has 2 atom stereocenters. The maximum absolute atomic E-state index is 11.0. The molecular formula is C15H20N4O2. The molecule has 0 aliphatic carbocycles. The maximum atomic E-state index is 11.0. The van der Waals surface area contributed by atoms with Gasteiger partial charge in [0.25, 0.3) is 5.69 Å². The smallest absolute Gasteiger partial charge is 0.272 e. The monoisotopic (exact) mass is 288 g/mol. The van der Waals surface area contributed by atoms with Crippen LogP contribution >= 0.6 is 0 Å². The standard InChI is InChI=1S/C15H20N4O2/c1-10-5-6-13(7-15(10)19(20)21)11(2)17-12(3)14-8-16-18(4)9-14/h5-9,11-12,17H,1-4H3/t11-,12-/m0/s1. The van der Waals surface area contributed by atoms with Gasteiger partial charge in [0.05, 0.1) is 11.1 Å². The molecule has 6 heteroatoms. The normalized spacial score (nSPS) is 13.9. The van der Waals surface area contributed by atoms with Crippen molar-refractivity contribution < 1.29 is 4.92 Å². The first-order valence-corrected chi connectivity index (χ1v) is 6.88. The topological polar surface area (TPSA) is 73.0 Å². The number of nitro benzene ring substituents is 1. The van der Waals surface area contributed by atoms with E-state index in [0.717, 1.165) is 11.1 Å². The van der Waals surface area contributed by atoms with Crippen molar-refractivity contribution in [2.75, 3.05) is 0 Å². The van der Waals surface area contributed by atoms with Crippen molar-refractivity contribution in [3.63, 3.8) is 0 Å². The molecule has 112 valence electrons. The predicted octanol–water partition coefficient (Wildman–Crippen LogP) is 3.05. The molecule has 0 aliphatic heterocycles. The molecule has 1 heterocycles. The molecule has 0 bridgehead atoms. The second kappa shape index (κ2) is 6.05. The number of nitro groups is 1. The van der Waals surface area contributed by atoms with Crippen LogP contribution in [0.2, 0.25) is 0 Å². The Morgan fingerprint density at radius 3 is 2.52 bits per heavy atom. The Labute approximate surface area is 123 Å². The van der Waals surface area contributed by atoms with Gasteiger partial charge in [-0.3, -0.25) is 14.8 Å². The van der Waals surface area contributed by atoms with E-state index in [2.05, 4.69) is 17.3 Å². The molecule has 0 fully saturated rings. The average molecular weight is 288 g/mol. The molecule has 0 saturated carbocycles. The fraction of sp³-hybridized carbons (Fsp3) is 0.400. The highest BCUT2D eigenvalue weighted by Gasteiger charge is 2.16. The Kier molecular flexibility index (Phi) is 4.37. The summed E-state index contributed by atoms with van der Waals surface area (Å²) in [4.78, 5) is 10.7. The summed E-state index contributed by atoms with van der Waals surface area (Å²) in [6.45, 7) is 5.80. The van der Waals surface area contributed by atoms with Gasteiger partial charge in [-0.05, 0) is 26.3 Å². The van der Waals surface area contributed by atoms with E-state index in [-0.39, 0.29) is 22.7 Å². The molecule has 0 radical (unpaired) electrons. The van der Waals surface area contributed by atoms with Gasteiger partial charge < -0.3 is 5.32 Å². The van der Waals surface area contributed by atoms with E-state index in [4.69, 9.17) is 0 Å². The van der Waals surface area contributed by atoms with Gasteiger partial charge >= 0.3 is 0 Å². The van der Waals surface area contributed by atoms with E-state index in [1.165, 1.54) is 0 Å². The predicted molar refractivity (Wildman–Crippen MR) is 81.0 cm³/mol. The van der Waals surface area contributed by atoms with Gasteiger partial charge in [-0.25, -0.2) is 0 Å². The number of hydrogen-bond donors (Lipinski definition) is 1. The summed E-state index contributed by atoms with van der Waals surface area (Å²) in [5, 5.41) is 18.6. The zero-order chi connectivity index (χ0) is 15.6. The van der Waals surface area contributed by atoms with Crippen LogP contribution < -0.4 is 5.32 Å². The van der Waals surface area contributed by atoms with Crippen molar-refractivity contribution in [3.8, 4) is 0 Å². The molecule has 0 amide bonds.